The van der Waals surface area contributed by atoms with Crippen molar-refractivity contribution in [2.24, 2.45) is 11.8 Å². The minimum atomic E-state index is -0.823. The highest BCUT2D eigenvalue weighted by Gasteiger charge is 2.43. The van der Waals surface area contributed by atoms with Gasteiger partial charge in [0.25, 0.3) is 0 Å². The Hall–Kier alpha value is -1.84. The minimum Gasteiger partial charge on any atom is -0.481 e. The SMILES string of the molecule is CC(CNC(=O)C1CC1c1ccc(C(C)C)cc1)CC(=O)O. The first-order valence-electron chi connectivity index (χ1n) is 7.97. The van der Waals surface area contributed by atoms with E-state index in [4.69, 9.17) is 5.11 Å². The third kappa shape index (κ3) is 4.33. The summed E-state index contributed by atoms with van der Waals surface area (Å²) in [5.74, 6) is 0.0661. The van der Waals surface area contributed by atoms with Gasteiger partial charge in [-0.15, -0.1) is 0 Å². The Kier molecular flexibility index (Phi) is 5.22. The van der Waals surface area contributed by atoms with E-state index < -0.39 is 5.97 Å². The molecule has 0 bridgehead atoms. The van der Waals surface area contributed by atoms with Gasteiger partial charge >= 0.3 is 5.97 Å². The second-order valence-corrected chi connectivity index (χ2v) is 6.72. The second-order valence-electron chi connectivity index (χ2n) is 6.72. The molecule has 120 valence electrons. The fourth-order valence-corrected chi connectivity index (χ4v) is 2.76. The quantitative estimate of drug-likeness (QED) is 0.813. The number of carboxylic acids is 1. The zero-order valence-corrected chi connectivity index (χ0v) is 13.5. The Morgan fingerprint density at radius 1 is 1.23 bits per heavy atom. The van der Waals surface area contributed by atoms with Gasteiger partial charge in [-0.25, -0.2) is 0 Å². The lowest BCUT2D eigenvalue weighted by Gasteiger charge is -2.10. The van der Waals surface area contributed by atoms with Crippen LogP contribution in [0, 0.1) is 11.8 Å². The first-order valence-corrected chi connectivity index (χ1v) is 7.97. The zero-order valence-electron chi connectivity index (χ0n) is 13.5. The molecule has 1 fully saturated rings. The van der Waals surface area contributed by atoms with Crippen molar-refractivity contribution in [2.45, 2.75) is 45.4 Å². The van der Waals surface area contributed by atoms with Crippen molar-refractivity contribution in [2.75, 3.05) is 6.54 Å². The van der Waals surface area contributed by atoms with Crippen LogP contribution in [0.3, 0.4) is 0 Å². The van der Waals surface area contributed by atoms with Gasteiger partial charge in [0.2, 0.25) is 5.91 Å². The van der Waals surface area contributed by atoms with Gasteiger partial charge in [0.15, 0.2) is 0 Å². The van der Waals surface area contributed by atoms with E-state index in [2.05, 4.69) is 43.4 Å². The summed E-state index contributed by atoms with van der Waals surface area (Å²) in [4.78, 5) is 22.7. The van der Waals surface area contributed by atoms with Crippen molar-refractivity contribution in [3.63, 3.8) is 0 Å². The number of hydrogen-bond donors (Lipinski definition) is 2. The Labute approximate surface area is 131 Å². The molecule has 3 unspecified atom stereocenters. The molecule has 1 aromatic rings. The molecule has 2 N–H and O–H groups in total. The van der Waals surface area contributed by atoms with Gasteiger partial charge < -0.3 is 10.4 Å². The third-order valence-corrected chi connectivity index (χ3v) is 4.31. The van der Waals surface area contributed by atoms with Gasteiger partial charge in [-0.3, -0.25) is 9.59 Å². The first-order chi connectivity index (χ1) is 10.4. The highest BCUT2D eigenvalue weighted by Crippen LogP contribution is 2.47. The van der Waals surface area contributed by atoms with Crippen molar-refractivity contribution in [1.82, 2.24) is 5.32 Å². The molecule has 0 spiro atoms. The van der Waals surface area contributed by atoms with Crippen LogP contribution in [0.2, 0.25) is 0 Å². The summed E-state index contributed by atoms with van der Waals surface area (Å²) in [6, 6.07) is 8.53. The van der Waals surface area contributed by atoms with Crippen LogP contribution < -0.4 is 5.32 Å². The summed E-state index contributed by atoms with van der Waals surface area (Å²) in [7, 11) is 0. The molecular formula is C18H25NO3. The molecule has 1 amide bonds. The van der Waals surface area contributed by atoms with E-state index in [1.165, 1.54) is 11.1 Å². The zero-order chi connectivity index (χ0) is 16.3. The first kappa shape index (κ1) is 16.5. The molecule has 0 radical (unpaired) electrons. The van der Waals surface area contributed by atoms with Gasteiger partial charge in [-0.05, 0) is 35.3 Å². The van der Waals surface area contributed by atoms with Gasteiger partial charge in [-0.2, -0.15) is 0 Å². The van der Waals surface area contributed by atoms with Crippen LogP contribution >= 0.6 is 0 Å². The topological polar surface area (TPSA) is 66.4 Å². The number of carbonyl (C=O) groups excluding carboxylic acids is 1. The maximum absolute atomic E-state index is 12.1. The summed E-state index contributed by atoms with van der Waals surface area (Å²) in [5.41, 5.74) is 2.54. The van der Waals surface area contributed by atoms with Crippen LogP contribution in [0.5, 0.6) is 0 Å². The number of carbonyl (C=O) groups is 2. The Morgan fingerprint density at radius 3 is 2.41 bits per heavy atom. The summed E-state index contributed by atoms with van der Waals surface area (Å²) in [5, 5.41) is 11.6. The van der Waals surface area contributed by atoms with Crippen LogP contribution in [0.4, 0.5) is 0 Å². The molecule has 1 aliphatic rings. The number of carboxylic acid groups (broad SMARTS) is 1. The highest BCUT2D eigenvalue weighted by molar-refractivity contribution is 5.83. The van der Waals surface area contributed by atoms with Crippen molar-refractivity contribution in [1.29, 1.82) is 0 Å². The molecule has 4 heteroatoms. The third-order valence-electron chi connectivity index (χ3n) is 4.31. The molecule has 2 rings (SSSR count). The standard InChI is InChI=1S/C18H25NO3/c1-11(2)13-4-6-14(7-5-13)15-9-16(15)18(22)19-10-12(3)8-17(20)21/h4-7,11-12,15-16H,8-10H2,1-3H3,(H,19,22)(H,20,21). The second kappa shape index (κ2) is 6.95. The molecule has 1 saturated carbocycles. The van der Waals surface area contributed by atoms with Crippen LogP contribution in [0.25, 0.3) is 0 Å². The van der Waals surface area contributed by atoms with Crippen LogP contribution in [0.1, 0.15) is 56.6 Å². The number of amides is 1. The summed E-state index contributed by atoms with van der Waals surface area (Å²) < 4.78 is 0. The Morgan fingerprint density at radius 2 is 1.86 bits per heavy atom. The van der Waals surface area contributed by atoms with E-state index in [1.807, 2.05) is 6.92 Å². The minimum absolute atomic E-state index is 0.0380. The highest BCUT2D eigenvalue weighted by atomic mass is 16.4. The molecule has 0 saturated heterocycles. The summed E-state index contributed by atoms with van der Waals surface area (Å²) >= 11 is 0. The predicted octanol–water partition coefficient (Wildman–Crippen LogP) is 3.14. The van der Waals surface area contributed by atoms with Gasteiger partial charge in [0.1, 0.15) is 0 Å². The average Bonchev–Trinajstić information content (AvgIpc) is 3.24. The summed E-state index contributed by atoms with van der Waals surface area (Å²) in [6.07, 6.45) is 0.977. The van der Waals surface area contributed by atoms with Gasteiger partial charge in [0.05, 0.1) is 0 Å². The normalized spacial score (nSPS) is 21.5. The fraction of sp³-hybridized carbons (Fsp3) is 0.556. The Balaban J connectivity index is 1.81. The molecular weight excluding hydrogens is 278 g/mol. The monoisotopic (exact) mass is 303 g/mol. The van der Waals surface area contributed by atoms with Crippen LogP contribution in [0.15, 0.2) is 24.3 Å². The molecule has 22 heavy (non-hydrogen) atoms. The number of rotatable bonds is 7. The lowest BCUT2D eigenvalue weighted by molar-refractivity contribution is -0.138. The van der Waals surface area contributed by atoms with E-state index >= 15 is 0 Å². The van der Waals surface area contributed by atoms with Gasteiger partial charge in [0, 0.05) is 18.9 Å². The smallest absolute Gasteiger partial charge is 0.303 e. The van der Waals surface area contributed by atoms with Crippen molar-refractivity contribution >= 4 is 11.9 Å². The molecule has 0 heterocycles. The lowest BCUT2D eigenvalue weighted by atomic mass is 10.00. The molecule has 0 aromatic heterocycles. The molecule has 0 aliphatic heterocycles. The predicted molar refractivity (Wildman–Crippen MR) is 85.8 cm³/mol. The fourth-order valence-electron chi connectivity index (χ4n) is 2.76. The largest absolute Gasteiger partial charge is 0.481 e. The Bertz CT molecular complexity index is 536. The number of nitrogens with one attached hydrogen (secondary N) is 1. The van der Waals surface area contributed by atoms with E-state index in [-0.39, 0.29) is 24.2 Å². The van der Waals surface area contributed by atoms with E-state index in [0.717, 1.165) is 6.42 Å². The molecule has 4 nitrogen and oxygen atoms in total. The van der Waals surface area contributed by atoms with E-state index in [1.54, 1.807) is 0 Å². The number of benzene rings is 1. The number of aliphatic carboxylic acids is 1. The molecule has 3 atom stereocenters. The maximum Gasteiger partial charge on any atom is 0.303 e. The summed E-state index contributed by atoms with van der Waals surface area (Å²) in [6.45, 7) is 6.60. The van der Waals surface area contributed by atoms with Crippen molar-refractivity contribution in [3.05, 3.63) is 35.4 Å². The molecule has 1 aliphatic carbocycles. The van der Waals surface area contributed by atoms with Crippen molar-refractivity contribution in [3.8, 4) is 0 Å². The van der Waals surface area contributed by atoms with Gasteiger partial charge in [-0.1, -0.05) is 45.0 Å². The molecule has 1 aromatic carbocycles. The number of hydrogen-bond acceptors (Lipinski definition) is 2. The maximum atomic E-state index is 12.1. The van der Waals surface area contributed by atoms with E-state index in [9.17, 15) is 9.59 Å². The van der Waals surface area contributed by atoms with Crippen molar-refractivity contribution < 1.29 is 14.7 Å². The average molecular weight is 303 g/mol. The van der Waals surface area contributed by atoms with Crippen LogP contribution in [-0.4, -0.2) is 23.5 Å². The lowest BCUT2D eigenvalue weighted by Crippen LogP contribution is -2.30. The van der Waals surface area contributed by atoms with E-state index in [0.29, 0.717) is 18.4 Å². The van der Waals surface area contributed by atoms with Crippen LogP contribution in [-0.2, 0) is 9.59 Å².